The van der Waals surface area contributed by atoms with Crippen LogP contribution in [-0.4, -0.2) is 28.1 Å². The van der Waals surface area contributed by atoms with E-state index in [0.29, 0.717) is 6.54 Å². The summed E-state index contributed by atoms with van der Waals surface area (Å²) in [5.41, 5.74) is 1.82. The first kappa shape index (κ1) is 13.8. The minimum absolute atomic E-state index is 0.0380. The van der Waals surface area contributed by atoms with E-state index in [4.69, 9.17) is 0 Å². The highest BCUT2D eigenvalue weighted by atomic mass is 16.3. The first-order valence-corrected chi connectivity index (χ1v) is 6.75. The number of hydrogen-bond donors (Lipinski definition) is 1. The number of likely N-dealkylation sites (tertiary alicyclic amines) is 1. The molecule has 0 bridgehead atoms. The van der Waals surface area contributed by atoms with Crippen LogP contribution in [0.15, 0.2) is 42.0 Å². The summed E-state index contributed by atoms with van der Waals surface area (Å²) in [6.45, 7) is 6.36. The van der Waals surface area contributed by atoms with Crippen LogP contribution in [0.2, 0.25) is 0 Å². The van der Waals surface area contributed by atoms with Crippen molar-refractivity contribution in [1.29, 1.82) is 0 Å². The molecule has 0 radical (unpaired) electrons. The summed E-state index contributed by atoms with van der Waals surface area (Å²) in [6.07, 6.45) is 1.31. The van der Waals surface area contributed by atoms with E-state index in [0.717, 1.165) is 11.1 Å². The van der Waals surface area contributed by atoms with Crippen LogP contribution >= 0.6 is 0 Å². The van der Waals surface area contributed by atoms with Crippen molar-refractivity contribution < 1.29 is 9.90 Å². The van der Waals surface area contributed by atoms with E-state index in [2.05, 4.69) is 0 Å². The van der Waals surface area contributed by atoms with Gasteiger partial charge in [0.1, 0.15) is 0 Å². The standard InChI is InChI=1S/C16H21NO2/c1-4-13-14(15(18)11(2)3)17(16(13)19)10-12-8-6-5-7-9-12/h4-9,11,14-15,18H,10H2,1-3H3/b13-4+. The van der Waals surface area contributed by atoms with Gasteiger partial charge >= 0.3 is 0 Å². The van der Waals surface area contributed by atoms with E-state index in [-0.39, 0.29) is 17.9 Å². The van der Waals surface area contributed by atoms with Gasteiger partial charge in [-0.3, -0.25) is 4.79 Å². The largest absolute Gasteiger partial charge is 0.390 e. The van der Waals surface area contributed by atoms with Gasteiger partial charge in [0.2, 0.25) is 0 Å². The van der Waals surface area contributed by atoms with Gasteiger partial charge in [0.25, 0.3) is 5.91 Å². The van der Waals surface area contributed by atoms with Gasteiger partial charge < -0.3 is 10.0 Å². The lowest BCUT2D eigenvalue weighted by Crippen LogP contribution is -2.60. The SMILES string of the molecule is C/C=C1/C(=O)N(Cc2ccccc2)C1C(O)C(C)C. The van der Waals surface area contributed by atoms with Gasteiger partial charge in [-0.1, -0.05) is 50.3 Å². The van der Waals surface area contributed by atoms with E-state index in [9.17, 15) is 9.90 Å². The number of carbonyl (C=O) groups excluding carboxylic acids is 1. The highest BCUT2D eigenvalue weighted by molar-refractivity contribution is 6.01. The molecular weight excluding hydrogens is 238 g/mol. The summed E-state index contributed by atoms with van der Waals surface area (Å²) in [4.78, 5) is 13.8. The van der Waals surface area contributed by atoms with Crippen molar-refractivity contribution in [1.82, 2.24) is 4.90 Å². The quantitative estimate of drug-likeness (QED) is 0.666. The molecule has 3 heteroatoms. The summed E-state index contributed by atoms with van der Waals surface area (Å²) in [5.74, 6) is 0.169. The Bertz CT molecular complexity index is 479. The molecule has 1 heterocycles. The molecule has 1 aromatic carbocycles. The third-order valence-electron chi connectivity index (χ3n) is 3.68. The predicted octanol–water partition coefficient (Wildman–Crippen LogP) is 2.36. The molecule has 0 saturated carbocycles. The molecule has 3 nitrogen and oxygen atoms in total. The van der Waals surface area contributed by atoms with Crippen molar-refractivity contribution in [3.63, 3.8) is 0 Å². The fourth-order valence-electron chi connectivity index (χ4n) is 2.50. The average Bonchev–Trinajstić information content (AvgIpc) is 2.42. The van der Waals surface area contributed by atoms with Crippen LogP contribution in [0.1, 0.15) is 26.3 Å². The molecule has 0 aromatic heterocycles. The van der Waals surface area contributed by atoms with Crippen LogP contribution in [0.4, 0.5) is 0 Å². The molecule has 1 amide bonds. The minimum Gasteiger partial charge on any atom is -0.390 e. The summed E-state index contributed by atoms with van der Waals surface area (Å²) < 4.78 is 0. The maximum Gasteiger partial charge on any atom is 0.252 e. The number of rotatable bonds is 4. The third kappa shape index (κ3) is 2.56. The van der Waals surface area contributed by atoms with Crippen LogP contribution < -0.4 is 0 Å². The van der Waals surface area contributed by atoms with Gasteiger partial charge in [-0.05, 0) is 18.4 Å². The summed E-state index contributed by atoms with van der Waals surface area (Å²) in [5, 5.41) is 10.3. The van der Waals surface area contributed by atoms with Gasteiger partial charge in [-0.15, -0.1) is 0 Å². The van der Waals surface area contributed by atoms with Crippen LogP contribution in [-0.2, 0) is 11.3 Å². The molecule has 1 aliphatic heterocycles. The monoisotopic (exact) mass is 259 g/mol. The molecule has 1 saturated heterocycles. The maximum atomic E-state index is 12.1. The highest BCUT2D eigenvalue weighted by Gasteiger charge is 2.46. The van der Waals surface area contributed by atoms with E-state index < -0.39 is 6.10 Å². The molecule has 2 unspecified atom stereocenters. The zero-order chi connectivity index (χ0) is 14.0. The number of hydrogen-bond acceptors (Lipinski definition) is 2. The van der Waals surface area contributed by atoms with Gasteiger partial charge in [0, 0.05) is 12.1 Å². The molecule has 1 N–H and O–H groups in total. The topological polar surface area (TPSA) is 40.5 Å². The van der Waals surface area contributed by atoms with E-state index >= 15 is 0 Å². The number of aliphatic hydroxyl groups excluding tert-OH is 1. The van der Waals surface area contributed by atoms with E-state index in [1.807, 2.05) is 57.2 Å². The second-order valence-electron chi connectivity index (χ2n) is 5.34. The van der Waals surface area contributed by atoms with Crippen molar-refractivity contribution in [2.45, 2.75) is 39.5 Å². The molecule has 19 heavy (non-hydrogen) atoms. The van der Waals surface area contributed by atoms with Crippen molar-refractivity contribution in [2.24, 2.45) is 5.92 Å². The number of allylic oxidation sites excluding steroid dienone is 1. The molecule has 0 spiro atoms. The third-order valence-corrected chi connectivity index (χ3v) is 3.68. The Morgan fingerprint density at radius 2 is 1.95 bits per heavy atom. The Balaban J connectivity index is 2.17. The first-order chi connectivity index (χ1) is 9.06. The number of nitrogens with zero attached hydrogens (tertiary/aromatic N) is 1. The van der Waals surface area contributed by atoms with Gasteiger partial charge in [-0.2, -0.15) is 0 Å². The number of aliphatic hydroxyl groups is 1. The second kappa shape index (κ2) is 5.57. The fraction of sp³-hybridized carbons (Fsp3) is 0.438. The smallest absolute Gasteiger partial charge is 0.252 e. The van der Waals surface area contributed by atoms with Gasteiger partial charge in [0.05, 0.1) is 12.1 Å². The lowest BCUT2D eigenvalue weighted by molar-refractivity contribution is -0.143. The lowest BCUT2D eigenvalue weighted by atomic mass is 9.84. The Morgan fingerprint density at radius 3 is 2.47 bits per heavy atom. The first-order valence-electron chi connectivity index (χ1n) is 6.75. The Morgan fingerprint density at radius 1 is 1.32 bits per heavy atom. The van der Waals surface area contributed by atoms with E-state index in [1.165, 1.54) is 0 Å². The second-order valence-corrected chi connectivity index (χ2v) is 5.34. The lowest BCUT2D eigenvalue weighted by Gasteiger charge is -2.46. The average molecular weight is 259 g/mol. The maximum absolute atomic E-state index is 12.1. The Hall–Kier alpha value is -1.61. The van der Waals surface area contributed by atoms with Crippen LogP contribution in [0, 0.1) is 5.92 Å². The van der Waals surface area contributed by atoms with Crippen LogP contribution in [0.25, 0.3) is 0 Å². The van der Waals surface area contributed by atoms with Crippen LogP contribution in [0.5, 0.6) is 0 Å². The van der Waals surface area contributed by atoms with Crippen molar-refractivity contribution in [2.75, 3.05) is 0 Å². The summed E-state index contributed by atoms with van der Waals surface area (Å²) >= 11 is 0. The van der Waals surface area contributed by atoms with Crippen molar-refractivity contribution in [3.8, 4) is 0 Å². The van der Waals surface area contributed by atoms with Gasteiger partial charge in [0.15, 0.2) is 0 Å². The normalized spacial score (nSPS) is 22.8. The number of carbonyl (C=O) groups is 1. The van der Waals surface area contributed by atoms with Crippen LogP contribution in [0.3, 0.4) is 0 Å². The van der Waals surface area contributed by atoms with Crippen molar-refractivity contribution >= 4 is 5.91 Å². The zero-order valence-electron chi connectivity index (χ0n) is 11.7. The molecule has 0 aliphatic carbocycles. The fourth-order valence-corrected chi connectivity index (χ4v) is 2.50. The molecule has 1 aromatic rings. The molecule has 1 aliphatic rings. The van der Waals surface area contributed by atoms with Gasteiger partial charge in [-0.25, -0.2) is 0 Å². The molecule has 2 atom stereocenters. The Kier molecular flexibility index (Phi) is 4.05. The Labute approximate surface area is 114 Å². The number of benzene rings is 1. The molecule has 2 rings (SSSR count). The molecule has 1 fully saturated rings. The predicted molar refractivity (Wildman–Crippen MR) is 75.4 cm³/mol. The highest BCUT2D eigenvalue weighted by Crippen LogP contribution is 2.32. The van der Waals surface area contributed by atoms with E-state index in [1.54, 1.807) is 4.90 Å². The summed E-state index contributed by atoms with van der Waals surface area (Å²) in [6, 6.07) is 9.71. The molecule has 102 valence electrons. The van der Waals surface area contributed by atoms with Crippen molar-refractivity contribution in [3.05, 3.63) is 47.5 Å². The minimum atomic E-state index is -0.507. The summed E-state index contributed by atoms with van der Waals surface area (Å²) in [7, 11) is 0. The molecular formula is C16H21NO2. The number of β-lactam (4-membered cyclic amide) rings is 1. The number of amides is 1. The zero-order valence-corrected chi connectivity index (χ0v) is 11.7.